The Kier molecular flexibility index (Phi) is 2.14. The predicted octanol–water partition coefficient (Wildman–Crippen LogP) is 2.45. The molecule has 1 atom stereocenters. The Hall–Kier alpha value is -0.740. The van der Waals surface area contributed by atoms with Crippen molar-refractivity contribution in [3.63, 3.8) is 0 Å². The molecule has 0 saturated carbocycles. The first-order valence-corrected chi connectivity index (χ1v) is 5.96. The first-order valence-electron chi connectivity index (χ1n) is 5.17. The Bertz CT molecular complexity index is 388. The first kappa shape index (κ1) is 9.48. The zero-order valence-electron chi connectivity index (χ0n) is 8.35. The molecule has 1 saturated heterocycles. The summed E-state index contributed by atoms with van der Waals surface area (Å²) < 4.78 is 6.57. The number of rotatable bonds is 0. The number of benzene rings is 1. The number of hydrogen-bond acceptors (Lipinski definition) is 3. The van der Waals surface area contributed by atoms with Gasteiger partial charge in [-0.2, -0.15) is 0 Å². The van der Waals surface area contributed by atoms with Gasteiger partial charge in [-0.05, 0) is 24.6 Å². The van der Waals surface area contributed by atoms with Crippen LogP contribution in [0.5, 0.6) is 0 Å². The summed E-state index contributed by atoms with van der Waals surface area (Å²) in [5, 5.41) is 7.05. The maximum atomic E-state index is 5.47. The number of anilines is 2. The van der Waals surface area contributed by atoms with Crippen LogP contribution in [0.2, 0.25) is 0 Å². The molecule has 0 aliphatic carbocycles. The minimum Gasteiger partial charge on any atom is -0.381 e. The molecule has 1 unspecified atom stereocenters. The SMILES string of the molecule is Brc1ccc2c(c1)NC1(CCOC1)CN2. The number of hydrogen-bond donors (Lipinski definition) is 2. The zero-order chi connectivity index (χ0) is 10.3. The summed E-state index contributed by atoms with van der Waals surface area (Å²) in [6.45, 7) is 2.60. The minimum atomic E-state index is 0.105. The van der Waals surface area contributed by atoms with Crippen molar-refractivity contribution >= 4 is 27.3 Å². The van der Waals surface area contributed by atoms with Gasteiger partial charge >= 0.3 is 0 Å². The molecule has 1 fully saturated rings. The summed E-state index contributed by atoms with van der Waals surface area (Å²) >= 11 is 3.49. The van der Waals surface area contributed by atoms with Crippen LogP contribution < -0.4 is 10.6 Å². The molecule has 15 heavy (non-hydrogen) atoms. The fraction of sp³-hybridized carbons (Fsp3) is 0.455. The quantitative estimate of drug-likeness (QED) is 0.759. The average Bonchev–Trinajstić information content (AvgIpc) is 2.66. The summed E-state index contributed by atoms with van der Waals surface area (Å²) in [4.78, 5) is 0. The highest BCUT2D eigenvalue weighted by Gasteiger charge is 2.37. The van der Waals surface area contributed by atoms with Gasteiger partial charge in [0.25, 0.3) is 0 Å². The van der Waals surface area contributed by atoms with E-state index in [1.807, 2.05) is 0 Å². The van der Waals surface area contributed by atoms with E-state index in [9.17, 15) is 0 Å². The van der Waals surface area contributed by atoms with E-state index in [1.165, 1.54) is 11.4 Å². The second-order valence-electron chi connectivity index (χ2n) is 4.25. The van der Waals surface area contributed by atoms with Crippen molar-refractivity contribution in [3.8, 4) is 0 Å². The highest BCUT2D eigenvalue weighted by atomic mass is 79.9. The molecule has 3 rings (SSSR count). The van der Waals surface area contributed by atoms with Crippen LogP contribution >= 0.6 is 15.9 Å². The number of fused-ring (bicyclic) bond motifs is 1. The van der Waals surface area contributed by atoms with Crippen LogP contribution in [0.3, 0.4) is 0 Å². The van der Waals surface area contributed by atoms with Gasteiger partial charge in [-0.15, -0.1) is 0 Å². The van der Waals surface area contributed by atoms with Crippen LogP contribution in [-0.2, 0) is 4.74 Å². The summed E-state index contributed by atoms with van der Waals surface area (Å²) in [6, 6.07) is 6.26. The van der Waals surface area contributed by atoms with E-state index >= 15 is 0 Å². The molecule has 4 heteroatoms. The van der Waals surface area contributed by atoms with E-state index < -0.39 is 0 Å². The third-order valence-corrected chi connectivity index (χ3v) is 3.60. The molecule has 2 aliphatic heterocycles. The van der Waals surface area contributed by atoms with Gasteiger partial charge in [0.05, 0.1) is 23.5 Å². The van der Waals surface area contributed by atoms with Crippen LogP contribution in [0.1, 0.15) is 6.42 Å². The van der Waals surface area contributed by atoms with Gasteiger partial charge in [0.1, 0.15) is 0 Å². The molecule has 1 spiro atoms. The fourth-order valence-corrected chi connectivity index (χ4v) is 2.57. The maximum absolute atomic E-state index is 5.47. The van der Waals surface area contributed by atoms with Crippen molar-refractivity contribution in [2.24, 2.45) is 0 Å². The predicted molar refractivity (Wildman–Crippen MR) is 64.4 cm³/mol. The van der Waals surface area contributed by atoms with Crippen molar-refractivity contribution in [3.05, 3.63) is 22.7 Å². The minimum absolute atomic E-state index is 0.105. The second kappa shape index (κ2) is 3.39. The molecule has 1 aromatic carbocycles. The van der Waals surface area contributed by atoms with E-state index in [2.05, 4.69) is 44.8 Å². The van der Waals surface area contributed by atoms with Gasteiger partial charge in [0.15, 0.2) is 0 Å². The van der Waals surface area contributed by atoms with Crippen LogP contribution in [-0.4, -0.2) is 25.3 Å². The van der Waals surface area contributed by atoms with Crippen LogP contribution in [0.4, 0.5) is 11.4 Å². The molecule has 2 heterocycles. The molecule has 0 amide bonds. The molecule has 3 nitrogen and oxygen atoms in total. The molecule has 0 aromatic heterocycles. The highest BCUT2D eigenvalue weighted by molar-refractivity contribution is 9.10. The Morgan fingerprint density at radius 2 is 2.27 bits per heavy atom. The summed E-state index contributed by atoms with van der Waals surface area (Å²) in [6.07, 6.45) is 1.08. The molecule has 0 radical (unpaired) electrons. The van der Waals surface area contributed by atoms with Gasteiger partial charge in [-0.1, -0.05) is 15.9 Å². The summed E-state index contributed by atoms with van der Waals surface area (Å²) in [5.74, 6) is 0. The van der Waals surface area contributed by atoms with E-state index in [0.29, 0.717) is 0 Å². The van der Waals surface area contributed by atoms with Crippen molar-refractivity contribution in [2.45, 2.75) is 12.0 Å². The molecular formula is C11H13BrN2O. The molecule has 80 valence electrons. The third-order valence-electron chi connectivity index (χ3n) is 3.10. The van der Waals surface area contributed by atoms with Gasteiger partial charge in [-0.3, -0.25) is 0 Å². The van der Waals surface area contributed by atoms with Gasteiger partial charge in [0.2, 0.25) is 0 Å². The lowest BCUT2D eigenvalue weighted by atomic mass is 9.95. The third kappa shape index (κ3) is 1.62. The summed E-state index contributed by atoms with van der Waals surface area (Å²) in [5.41, 5.74) is 2.45. The smallest absolute Gasteiger partial charge is 0.0801 e. The fourth-order valence-electron chi connectivity index (χ4n) is 2.21. The molecule has 1 aromatic rings. The normalized spacial score (nSPS) is 28.3. The first-order chi connectivity index (χ1) is 7.27. The van der Waals surface area contributed by atoms with Crippen LogP contribution in [0, 0.1) is 0 Å². The average molecular weight is 269 g/mol. The van der Waals surface area contributed by atoms with E-state index in [0.717, 1.165) is 30.7 Å². The van der Waals surface area contributed by atoms with Gasteiger partial charge in [-0.25, -0.2) is 0 Å². The lowest BCUT2D eigenvalue weighted by molar-refractivity contribution is 0.184. The van der Waals surface area contributed by atoms with E-state index in [1.54, 1.807) is 0 Å². The molecule has 2 aliphatic rings. The Balaban J connectivity index is 1.94. The number of halogens is 1. The topological polar surface area (TPSA) is 33.3 Å². The Morgan fingerprint density at radius 1 is 1.33 bits per heavy atom. The molecule has 2 N–H and O–H groups in total. The lowest BCUT2D eigenvalue weighted by Gasteiger charge is -2.36. The standard InChI is InChI=1S/C11H13BrN2O/c12-8-1-2-9-10(5-8)14-11(6-13-9)3-4-15-7-11/h1-2,5,13-14H,3-4,6-7H2. The van der Waals surface area contributed by atoms with Gasteiger partial charge in [0, 0.05) is 17.6 Å². The maximum Gasteiger partial charge on any atom is 0.0801 e. The number of nitrogens with one attached hydrogen (secondary N) is 2. The highest BCUT2D eigenvalue weighted by Crippen LogP contribution is 2.35. The zero-order valence-corrected chi connectivity index (χ0v) is 9.93. The van der Waals surface area contributed by atoms with Crippen molar-refractivity contribution in [1.82, 2.24) is 0 Å². The van der Waals surface area contributed by atoms with Crippen molar-refractivity contribution < 1.29 is 4.74 Å². The monoisotopic (exact) mass is 268 g/mol. The van der Waals surface area contributed by atoms with Crippen LogP contribution in [0.15, 0.2) is 22.7 Å². The van der Waals surface area contributed by atoms with E-state index in [-0.39, 0.29) is 5.54 Å². The van der Waals surface area contributed by atoms with Crippen LogP contribution in [0.25, 0.3) is 0 Å². The Labute approximate surface area is 97.3 Å². The molecule has 0 bridgehead atoms. The van der Waals surface area contributed by atoms with E-state index in [4.69, 9.17) is 4.74 Å². The summed E-state index contributed by atoms with van der Waals surface area (Å²) in [7, 11) is 0. The lowest BCUT2D eigenvalue weighted by Crippen LogP contribution is -2.48. The molecular weight excluding hydrogens is 256 g/mol. The number of ether oxygens (including phenoxy) is 1. The van der Waals surface area contributed by atoms with Crippen molar-refractivity contribution in [1.29, 1.82) is 0 Å². The largest absolute Gasteiger partial charge is 0.381 e. The Morgan fingerprint density at radius 3 is 3.07 bits per heavy atom. The van der Waals surface area contributed by atoms with Crippen molar-refractivity contribution in [2.75, 3.05) is 30.4 Å². The van der Waals surface area contributed by atoms with Gasteiger partial charge < -0.3 is 15.4 Å². The second-order valence-corrected chi connectivity index (χ2v) is 5.17.